The zero-order chi connectivity index (χ0) is 18.8. The SMILES string of the molecule is Nc1nccc(-c2c(-c3ccc(F)cc3)ncn2C2CCC(=NO)CC2)n1. The topological polar surface area (TPSA) is 102 Å². The zero-order valence-corrected chi connectivity index (χ0v) is 14.6. The number of hydrogen-bond acceptors (Lipinski definition) is 6. The Labute approximate surface area is 155 Å². The summed E-state index contributed by atoms with van der Waals surface area (Å²) in [5.74, 6) is -0.113. The third-order valence-electron chi connectivity index (χ3n) is 4.90. The number of oxime groups is 1. The number of nitrogens with two attached hydrogens (primary N) is 1. The molecule has 3 N–H and O–H groups in total. The van der Waals surface area contributed by atoms with Crippen molar-refractivity contribution in [3.05, 3.63) is 48.7 Å². The molecule has 2 heterocycles. The maximum absolute atomic E-state index is 13.4. The molecule has 4 rings (SSSR count). The molecule has 1 aromatic carbocycles. The Balaban J connectivity index is 1.81. The molecule has 0 radical (unpaired) electrons. The number of imidazole rings is 1. The minimum atomic E-state index is -0.297. The van der Waals surface area contributed by atoms with Gasteiger partial charge in [-0.25, -0.2) is 19.3 Å². The number of rotatable bonds is 3. The Bertz CT molecular complexity index is 972. The van der Waals surface area contributed by atoms with E-state index in [9.17, 15) is 4.39 Å². The second kappa shape index (κ2) is 7.14. The van der Waals surface area contributed by atoms with Crippen LogP contribution in [0, 0.1) is 5.82 Å². The molecule has 0 amide bonds. The molecule has 0 atom stereocenters. The molecule has 0 unspecified atom stereocenters. The first kappa shape index (κ1) is 17.1. The van der Waals surface area contributed by atoms with Gasteiger partial charge in [0.25, 0.3) is 0 Å². The molecule has 0 aliphatic heterocycles. The van der Waals surface area contributed by atoms with Crippen molar-refractivity contribution < 1.29 is 9.60 Å². The quantitative estimate of drug-likeness (QED) is 0.544. The van der Waals surface area contributed by atoms with Crippen molar-refractivity contribution in [2.75, 3.05) is 5.73 Å². The van der Waals surface area contributed by atoms with E-state index in [1.165, 1.54) is 12.1 Å². The molecule has 2 aromatic heterocycles. The summed E-state index contributed by atoms with van der Waals surface area (Å²) < 4.78 is 15.4. The molecule has 0 spiro atoms. The van der Waals surface area contributed by atoms with E-state index in [1.807, 2.05) is 0 Å². The lowest BCUT2D eigenvalue weighted by Gasteiger charge is -2.25. The van der Waals surface area contributed by atoms with Crippen molar-refractivity contribution in [2.45, 2.75) is 31.7 Å². The average molecular weight is 366 g/mol. The van der Waals surface area contributed by atoms with Crippen LogP contribution in [0.2, 0.25) is 0 Å². The van der Waals surface area contributed by atoms with Gasteiger partial charge in [-0.2, -0.15) is 0 Å². The first-order valence-electron chi connectivity index (χ1n) is 8.77. The van der Waals surface area contributed by atoms with Crippen LogP contribution < -0.4 is 5.73 Å². The van der Waals surface area contributed by atoms with Crippen LogP contribution in [0.15, 0.2) is 48.0 Å². The van der Waals surface area contributed by atoms with Crippen LogP contribution in [-0.2, 0) is 0 Å². The predicted octanol–water partition coefficient (Wildman–Crippen LogP) is 3.67. The fourth-order valence-electron chi connectivity index (χ4n) is 3.53. The van der Waals surface area contributed by atoms with Crippen LogP contribution in [0.25, 0.3) is 22.6 Å². The summed E-state index contributed by atoms with van der Waals surface area (Å²) in [7, 11) is 0. The number of benzene rings is 1. The van der Waals surface area contributed by atoms with Gasteiger partial charge in [0.1, 0.15) is 5.82 Å². The Hall–Kier alpha value is -3.29. The molecular formula is C19H19FN6O. The van der Waals surface area contributed by atoms with Gasteiger partial charge in [0.05, 0.1) is 29.1 Å². The van der Waals surface area contributed by atoms with Crippen LogP contribution in [0.4, 0.5) is 10.3 Å². The smallest absolute Gasteiger partial charge is 0.220 e. The predicted molar refractivity (Wildman–Crippen MR) is 99.8 cm³/mol. The molecule has 8 heteroatoms. The summed E-state index contributed by atoms with van der Waals surface area (Å²) in [6, 6.07) is 8.22. The monoisotopic (exact) mass is 366 g/mol. The summed E-state index contributed by atoms with van der Waals surface area (Å²) in [6.45, 7) is 0. The first-order valence-corrected chi connectivity index (χ1v) is 8.77. The normalized spacial score (nSPS) is 17.1. The van der Waals surface area contributed by atoms with E-state index in [0.29, 0.717) is 5.69 Å². The molecule has 138 valence electrons. The van der Waals surface area contributed by atoms with Gasteiger partial charge in [0.2, 0.25) is 5.95 Å². The van der Waals surface area contributed by atoms with Crippen LogP contribution in [0.5, 0.6) is 0 Å². The number of anilines is 1. The van der Waals surface area contributed by atoms with Gasteiger partial charge < -0.3 is 15.5 Å². The fraction of sp³-hybridized carbons (Fsp3) is 0.263. The zero-order valence-electron chi connectivity index (χ0n) is 14.6. The maximum atomic E-state index is 13.4. The summed E-state index contributed by atoms with van der Waals surface area (Å²) >= 11 is 0. The fourth-order valence-corrected chi connectivity index (χ4v) is 3.53. The third kappa shape index (κ3) is 3.38. The van der Waals surface area contributed by atoms with E-state index < -0.39 is 0 Å². The van der Waals surface area contributed by atoms with Gasteiger partial charge in [-0.3, -0.25) is 0 Å². The molecule has 0 saturated heterocycles. The average Bonchev–Trinajstić information content (AvgIpc) is 3.14. The van der Waals surface area contributed by atoms with Gasteiger partial charge in [-0.05, 0) is 56.0 Å². The Morgan fingerprint density at radius 3 is 2.52 bits per heavy atom. The van der Waals surface area contributed by atoms with E-state index in [4.69, 9.17) is 10.9 Å². The van der Waals surface area contributed by atoms with Crippen molar-refractivity contribution in [1.29, 1.82) is 0 Å². The van der Waals surface area contributed by atoms with Crippen molar-refractivity contribution in [1.82, 2.24) is 19.5 Å². The van der Waals surface area contributed by atoms with Gasteiger partial charge >= 0.3 is 0 Å². The van der Waals surface area contributed by atoms with Crippen LogP contribution in [0.3, 0.4) is 0 Å². The van der Waals surface area contributed by atoms with Crippen molar-refractivity contribution in [2.24, 2.45) is 5.16 Å². The standard InChI is InChI=1S/C19H19FN6O/c20-13-3-1-12(2-4-13)17-18(16-9-10-22-19(21)24-16)26(11-23-17)15-7-5-14(25-27)6-8-15/h1-4,9-11,15,27H,5-8H2,(H2,21,22,24). The molecule has 7 nitrogen and oxygen atoms in total. The largest absolute Gasteiger partial charge is 0.411 e. The molecule has 3 aromatic rings. The Kier molecular flexibility index (Phi) is 4.53. The van der Waals surface area contributed by atoms with E-state index in [1.54, 1.807) is 30.7 Å². The number of halogens is 1. The lowest BCUT2D eigenvalue weighted by atomic mass is 9.93. The van der Waals surface area contributed by atoms with Crippen molar-refractivity contribution >= 4 is 11.7 Å². The van der Waals surface area contributed by atoms with E-state index in [2.05, 4.69) is 24.7 Å². The highest BCUT2D eigenvalue weighted by atomic mass is 19.1. The van der Waals surface area contributed by atoms with Gasteiger partial charge in [0, 0.05) is 17.8 Å². The summed E-state index contributed by atoms with van der Waals surface area (Å²) in [5.41, 5.74) is 9.62. The molecule has 1 saturated carbocycles. The van der Waals surface area contributed by atoms with Gasteiger partial charge in [0.15, 0.2) is 0 Å². The Morgan fingerprint density at radius 2 is 1.85 bits per heavy atom. The minimum absolute atomic E-state index is 0.184. The van der Waals surface area contributed by atoms with Crippen molar-refractivity contribution in [3.63, 3.8) is 0 Å². The molecule has 1 aliphatic carbocycles. The third-order valence-corrected chi connectivity index (χ3v) is 4.90. The highest BCUT2D eigenvalue weighted by Gasteiger charge is 2.25. The van der Waals surface area contributed by atoms with Gasteiger partial charge in [-0.15, -0.1) is 0 Å². The van der Waals surface area contributed by atoms with E-state index >= 15 is 0 Å². The second-order valence-corrected chi connectivity index (χ2v) is 6.55. The van der Waals surface area contributed by atoms with Crippen LogP contribution >= 0.6 is 0 Å². The molecule has 1 fully saturated rings. The Morgan fingerprint density at radius 1 is 1.11 bits per heavy atom. The molecule has 27 heavy (non-hydrogen) atoms. The van der Waals surface area contributed by atoms with Crippen LogP contribution in [-0.4, -0.2) is 30.4 Å². The number of hydrogen-bond donors (Lipinski definition) is 2. The summed E-state index contributed by atoms with van der Waals surface area (Å²) in [6.07, 6.45) is 6.55. The summed E-state index contributed by atoms with van der Waals surface area (Å²) in [4.78, 5) is 12.9. The first-order chi connectivity index (χ1) is 13.2. The molecule has 1 aliphatic rings. The van der Waals surface area contributed by atoms with Crippen molar-refractivity contribution in [3.8, 4) is 22.6 Å². The summed E-state index contributed by atoms with van der Waals surface area (Å²) in [5, 5.41) is 12.3. The highest BCUT2D eigenvalue weighted by molar-refractivity contribution is 5.84. The highest BCUT2D eigenvalue weighted by Crippen LogP contribution is 2.36. The lowest BCUT2D eigenvalue weighted by Crippen LogP contribution is -2.18. The molecular weight excluding hydrogens is 347 g/mol. The second-order valence-electron chi connectivity index (χ2n) is 6.55. The number of nitrogen functional groups attached to an aromatic ring is 1. The maximum Gasteiger partial charge on any atom is 0.220 e. The van der Waals surface area contributed by atoms with E-state index in [0.717, 1.165) is 48.3 Å². The molecule has 0 bridgehead atoms. The lowest BCUT2D eigenvalue weighted by molar-refractivity contribution is 0.310. The van der Waals surface area contributed by atoms with E-state index in [-0.39, 0.29) is 17.8 Å². The number of aromatic nitrogens is 4. The van der Waals surface area contributed by atoms with Gasteiger partial charge in [-0.1, -0.05) is 5.16 Å². The van der Waals surface area contributed by atoms with Crippen LogP contribution in [0.1, 0.15) is 31.7 Å². The minimum Gasteiger partial charge on any atom is -0.411 e. The number of nitrogens with zero attached hydrogens (tertiary/aromatic N) is 5.